The van der Waals surface area contributed by atoms with Gasteiger partial charge in [0.2, 0.25) is 0 Å². The minimum Gasteiger partial charge on any atom is -0.489 e. The van der Waals surface area contributed by atoms with Crippen LogP contribution in [0.5, 0.6) is 5.75 Å². The Hall–Kier alpha value is -2.03. The van der Waals surface area contributed by atoms with E-state index in [2.05, 4.69) is 11.6 Å². The lowest BCUT2D eigenvalue weighted by Gasteiger charge is -2.11. The number of nitrogens with one attached hydrogen (secondary N) is 1. The monoisotopic (exact) mass is 243 g/mol. The smallest absolute Gasteiger partial charge is 0.251 e. The number of aromatic amines is 1. The molecule has 0 amide bonds. The van der Waals surface area contributed by atoms with Crippen molar-refractivity contribution in [3.05, 3.63) is 51.8 Å². The lowest BCUT2D eigenvalue weighted by molar-refractivity contribution is 0.357. The number of pyridine rings is 1. The van der Waals surface area contributed by atoms with Crippen LogP contribution in [-0.2, 0) is 0 Å². The van der Waals surface area contributed by atoms with Crippen LogP contribution in [0.25, 0.3) is 10.9 Å². The van der Waals surface area contributed by atoms with E-state index in [1.807, 2.05) is 32.0 Å². The van der Waals surface area contributed by atoms with Crippen molar-refractivity contribution in [2.45, 2.75) is 20.8 Å². The van der Waals surface area contributed by atoms with Crippen LogP contribution in [0.2, 0.25) is 0 Å². The van der Waals surface area contributed by atoms with Crippen molar-refractivity contribution in [1.82, 2.24) is 4.98 Å². The predicted molar refractivity (Wildman–Crippen MR) is 74.4 cm³/mol. The number of rotatable bonds is 3. The van der Waals surface area contributed by atoms with Gasteiger partial charge in [-0.25, -0.2) is 0 Å². The maximum atomic E-state index is 11.7. The molecule has 0 aliphatic heterocycles. The third-order valence-corrected chi connectivity index (χ3v) is 2.85. The standard InChI is InChI=1S/C15H17NO2/c1-9(2)8-18-13-6-5-10(3)14-12(13)7-11(4)15(17)16-14/h5-7H,1,8H2,2-4H3,(H,16,17). The average Bonchev–Trinajstić information content (AvgIpc) is 2.31. The minimum atomic E-state index is -0.0531. The lowest BCUT2D eigenvalue weighted by atomic mass is 10.1. The van der Waals surface area contributed by atoms with Crippen molar-refractivity contribution in [1.29, 1.82) is 0 Å². The van der Waals surface area contributed by atoms with Gasteiger partial charge in [0.05, 0.1) is 5.52 Å². The molecule has 3 nitrogen and oxygen atoms in total. The van der Waals surface area contributed by atoms with E-state index in [4.69, 9.17) is 4.74 Å². The van der Waals surface area contributed by atoms with Crippen molar-refractivity contribution in [3.63, 3.8) is 0 Å². The Labute approximate surface area is 106 Å². The fraction of sp³-hybridized carbons (Fsp3) is 0.267. The summed E-state index contributed by atoms with van der Waals surface area (Å²) in [6.45, 7) is 9.98. The molecule has 18 heavy (non-hydrogen) atoms. The number of fused-ring (bicyclic) bond motifs is 1. The second-order valence-corrected chi connectivity index (χ2v) is 4.70. The van der Waals surface area contributed by atoms with E-state index in [-0.39, 0.29) is 5.56 Å². The van der Waals surface area contributed by atoms with Crippen LogP contribution < -0.4 is 10.3 Å². The van der Waals surface area contributed by atoms with Gasteiger partial charge in [-0.2, -0.15) is 0 Å². The number of hydrogen-bond donors (Lipinski definition) is 1. The van der Waals surface area contributed by atoms with Crippen LogP contribution in [0.3, 0.4) is 0 Å². The van der Waals surface area contributed by atoms with Gasteiger partial charge < -0.3 is 9.72 Å². The highest BCUT2D eigenvalue weighted by Gasteiger charge is 2.07. The molecule has 0 aliphatic rings. The van der Waals surface area contributed by atoms with Crippen LogP contribution in [0, 0.1) is 13.8 Å². The van der Waals surface area contributed by atoms with Crippen LogP contribution in [0.15, 0.2) is 35.1 Å². The van der Waals surface area contributed by atoms with E-state index in [0.29, 0.717) is 12.2 Å². The quantitative estimate of drug-likeness (QED) is 0.842. The third kappa shape index (κ3) is 2.30. The van der Waals surface area contributed by atoms with Crippen molar-refractivity contribution >= 4 is 10.9 Å². The maximum Gasteiger partial charge on any atom is 0.251 e. The summed E-state index contributed by atoms with van der Waals surface area (Å²) >= 11 is 0. The lowest BCUT2D eigenvalue weighted by Crippen LogP contribution is -2.10. The molecule has 0 atom stereocenters. The van der Waals surface area contributed by atoms with Crippen molar-refractivity contribution in [2.24, 2.45) is 0 Å². The van der Waals surface area contributed by atoms with Crippen LogP contribution in [0.1, 0.15) is 18.1 Å². The first-order chi connectivity index (χ1) is 8.49. The number of benzene rings is 1. The van der Waals surface area contributed by atoms with Crippen LogP contribution in [-0.4, -0.2) is 11.6 Å². The van der Waals surface area contributed by atoms with E-state index < -0.39 is 0 Å². The zero-order valence-corrected chi connectivity index (χ0v) is 11.0. The Morgan fingerprint density at radius 2 is 2.06 bits per heavy atom. The molecule has 2 rings (SSSR count). The normalized spacial score (nSPS) is 10.6. The second-order valence-electron chi connectivity index (χ2n) is 4.70. The zero-order valence-electron chi connectivity index (χ0n) is 11.0. The number of hydrogen-bond acceptors (Lipinski definition) is 2. The number of aromatic nitrogens is 1. The largest absolute Gasteiger partial charge is 0.489 e. The fourth-order valence-corrected chi connectivity index (χ4v) is 1.84. The van der Waals surface area contributed by atoms with Gasteiger partial charge in [-0.05, 0) is 44.0 Å². The first-order valence-corrected chi connectivity index (χ1v) is 5.89. The number of ether oxygens (including phenoxy) is 1. The van der Waals surface area contributed by atoms with Crippen molar-refractivity contribution in [2.75, 3.05) is 6.61 Å². The predicted octanol–water partition coefficient (Wildman–Crippen LogP) is 3.10. The second kappa shape index (κ2) is 4.69. The molecule has 0 saturated heterocycles. The molecule has 1 aromatic heterocycles. The molecule has 0 saturated carbocycles. The molecule has 0 fully saturated rings. The Kier molecular flexibility index (Phi) is 3.24. The van der Waals surface area contributed by atoms with E-state index in [0.717, 1.165) is 27.8 Å². The number of aryl methyl sites for hydroxylation is 2. The summed E-state index contributed by atoms with van der Waals surface area (Å²) in [6.07, 6.45) is 0. The Morgan fingerprint density at radius 3 is 2.72 bits per heavy atom. The summed E-state index contributed by atoms with van der Waals surface area (Å²) in [7, 11) is 0. The van der Waals surface area contributed by atoms with E-state index in [1.165, 1.54) is 0 Å². The third-order valence-electron chi connectivity index (χ3n) is 2.85. The van der Waals surface area contributed by atoms with Crippen molar-refractivity contribution in [3.8, 4) is 5.75 Å². The van der Waals surface area contributed by atoms with Gasteiger partial charge in [-0.15, -0.1) is 0 Å². The summed E-state index contributed by atoms with van der Waals surface area (Å²) in [5.41, 5.74) is 3.47. The SMILES string of the molecule is C=C(C)COc1ccc(C)c2[nH]c(=O)c(C)cc12. The molecule has 0 radical (unpaired) electrons. The van der Waals surface area contributed by atoms with Gasteiger partial charge in [-0.3, -0.25) is 4.79 Å². The molecular formula is C15H17NO2. The maximum absolute atomic E-state index is 11.7. The average molecular weight is 243 g/mol. The molecule has 0 spiro atoms. The summed E-state index contributed by atoms with van der Waals surface area (Å²) < 4.78 is 5.71. The van der Waals surface area contributed by atoms with E-state index in [9.17, 15) is 4.79 Å². The van der Waals surface area contributed by atoms with Gasteiger partial charge in [0, 0.05) is 10.9 Å². The molecule has 1 aromatic carbocycles. The molecule has 94 valence electrons. The first kappa shape index (κ1) is 12.4. The molecule has 3 heteroatoms. The van der Waals surface area contributed by atoms with Crippen molar-refractivity contribution < 1.29 is 4.74 Å². The summed E-state index contributed by atoms with van der Waals surface area (Å²) in [4.78, 5) is 14.5. The van der Waals surface area contributed by atoms with E-state index >= 15 is 0 Å². The first-order valence-electron chi connectivity index (χ1n) is 5.89. The topological polar surface area (TPSA) is 42.1 Å². The van der Waals surface area contributed by atoms with Crippen LogP contribution in [0.4, 0.5) is 0 Å². The molecule has 2 aromatic rings. The molecular weight excluding hydrogens is 226 g/mol. The molecule has 1 heterocycles. The van der Waals surface area contributed by atoms with Crippen LogP contribution >= 0.6 is 0 Å². The fourth-order valence-electron chi connectivity index (χ4n) is 1.84. The summed E-state index contributed by atoms with van der Waals surface area (Å²) in [5, 5.41) is 0.938. The Bertz CT molecular complexity index is 668. The van der Waals surface area contributed by atoms with Gasteiger partial charge in [0.15, 0.2) is 0 Å². The molecule has 0 unspecified atom stereocenters. The van der Waals surface area contributed by atoms with Gasteiger partial charge in [0.1, 0.15) is 12.4 Å². The number of H-pyrrole nitrogens is 1. The van der Waals surface area contributed by atoms with Gasteiger partial charge in [-0.1, -0.05) is 12.6 Å². The minimum absolute atomic E-state index is 0.0531. The van der Waals surface area contributed by atoms with Gasteiger partial charge >= 0.3 is 0 Å². The summed E-state index contributed by atoms with van der Waals surface area (Å²) in [6, 6.07) is 5.74. The zero-order chi connectivity index (χ0) is 13.3. The molecule has 0 bridgehead atoms. The van der Waals surface area contributed by atoms with Gasteiger partial charge in [0.25, 0.3) is 5.56 Å². The molecule has 1 N–H and O–H groups in total. The molecule has 0 aliphatic carbocycles. The highest BCUT2D eigenvalue weighted by atomic mass is 16.5. The highest BCUT2D eigenvalue weighted by Crippen LogP contribution is 2.26. The van der Waals surface area contributed by atoms with E-state index in [1.54, 1.807) is 6.92 Å². The highest BCUT2D eigenvalue weighted by molar-refractivity contribution is 5.88. The Balaban J connectivity index is 2.61. The summed E-state index contributed by atoms with van der Waals surface area (Å²) in [5.74, 6) is 0.776. The Morgan fingerprint density at radius 1 is 1.33 bits per heavy atom.